The van der Waals surface area contributed by atoms with E-state index in [4.69, 9.17) is 14.2 Å². The Balaban J connectivity index is 2.35. The summed E-state index contributed by atoms with van der Waals surface area (Å²) in [6.07, 6.45) is 6.73. The Kier molecular flexibility index (Phi) is 11.7. The van der Waals surface area contributed by atoms with Crippen LogP contribution in [-0.4, -0.2) is 46.4 Å². The minimum atomic E-state index is -0.547. The van der Waals surface area contributed by atoms with E-state index in [2.05, 4.69) is 19.2 Å². The number of carbonyl (C=O) groups excluding carboxylic acids is 2. The third-order valence-electron chi connectivity index (χ3n) is 5.57. The number of nitrogens with one attached hydrogen (secondary N) is 1. The molecule has 0 unspecified atom stereocenters. The second-order valence-corrected chi connectivity index (χ2v) is 8.21. The van der Waals surface area contributed by atoms with Gasteiger partial charge in [-0.2, -0.15) is 0 Å². The lowest BCUT2D eigenvalue weighted by atomic mass is 10.0. The number of nitrogens with zero attached hydrogens (tertiary/aromatic N) is 1. The number of urea groups is 1. The number of benzene rings is 2. The molecular formula is C28H38N2O5. The number of hydrogen-bond acceptors (Lipinski definition) is 5. The number of anilines is 1. The van der Waals surface area contributed by atoms with Gasteiger partial charge in [-0.1, -0.05) is 57.4 Å². The zero-order valence-corrected chi connectivity index (χ0v) is 21.6. The normalized spacial score (nSPS) is 11.1. The van der Waals surface area contributed by atoms with Crippen molar-refractivity contribution in [1.29, 1.82) is 0 Å². The van der Waals surface area contributed by atoms with Gasteiger partial charge in [0, 0.05) is 24.8 Å². The van der Waals surface area contributed by atoms with Crippen LogP contribution in [0.25, 0.3) is 17.2 Å². The monoisotopic (exact) mass is 482 g/mol. The second-order valence-electron chi connectivity index (χ2n) is 8.21. The second kappa shape index (κ2) is 14.7. The maximum absolute atomic E-state index is 12.6. The first-order valence-electron chi connectivity index (χ1n) is 12.2. The van der Waals surface area contributed by atoms with E-state index >= 15 is 0 Å². The average molecular weight is 483 g/mol. The van der Waals surface area contributed by atoms with E-state index < -0.39 is 5.97 Å². The van der Waals surface area contributed by atoms with E-state index in [9.17, 15) is 9.59 Å². The minimum absolute atomic E-state index is 0.105. The Morgan fingerprint density at radius 1 is 0.971 bits per heavy atom. The van der Waals surface area contributed by atoms with Gasteiger partial charge in [-0.05, 0) is 48.2 Å². The lowest BCUT2D eigenvalue weighted by Gasteiger charge is -2.20. The average Bonchev–Trinajstić information content (AvgIpc) is 2.89. The summed E-state index contributed by atoms with van der Waals surface area (Å²) in [5.41, 5.74) is 3.36. The van der Waals surface area contributed by atoms with Crippen LogP contribution < -0.4 is 15.0 Å². The number of carbonyl (C=O) groups is 2. The standard InChI is InChI=1S/C28H38N2O5/c1-6-8-10-16-29-28(32)30(3)23-13-11-12-22(20-23)24-15-14-21(18-25(24)35-17-9-7-2)19-26(33-4)27(31)34-5/h11-15,18-20H,6-10,16-17H2,1-5H3,(H,29,32). The van der Waals surface area contributed by atoms with Crippen molar-refractivity contribution in [3.63, 3.8) is 0 Å². The predicted octanol–water partition coefficient (Wildman–Crippen LogP) is 6.03. The Morgan fingerprint density at radius 2 is 1.74 bits per heavy atom. The fraction of sp³-hybridized carbons (Fsp3) is 0.429. The van der Waals surface area contributed by atoms with E-state index in [1.807, 2.05) is 42.5 Å². The molecule has 0 aliphatic heterocycles. The molecule has 35 heavy (non-hydrogen) atoms. The lowest BCUT2D eigenvalue weighted by Crippen LogP contribution is -2.37. The minimum Gasteiger partial charge on any atom is -0.493 e. The van der Waals surface area contributed by atoms with E-state index in [1.54, 1.807) is 18.0 Å². The van der Waals surface area contributed by atoms with Crippen molar-refractivity contribution in [1.82, 2.24) is 5.32 Å². The number of amides is 2. The summed E-state index contributed by atoms with van der Waals surface area (Å²) < 4.78 is 16.1. The highest BCUT2D eigenvalue weighted by molar-refractivity contribution is 5.93. The maximum Gasteiger partial charge on any atom is 0.373 e. The zero-order valence-electron chi connectivity index (χ0n) is 21.6. The zero-order chi connectivity index (χ0) is 25.6. The first-order valence-corrected chi connectivity index (χ1v) is 12.2. The molecule has 2 rings (SSSR count). The third kappa shape index (κ3) is 8.35. The van der Waals surface area contributed by atoms with Gasteiger partial charge in [-0.3, -0.25) is 4.90 Å². The van der Waals surface area contributed by atoms with Crippen LogP contribution in [0.5, 0.6) is 5.75 Å². The van der Waals surface area contributed by atoms with Crippen LogP contribution in [0.15, 0.2) is 48.2 Å². The highest BCUT2D eigenvalue weighted by atomic mass is 16.6. The van der Waals surface area contributed by atoms with Crippen LogP contribution in [-0.2, 0) is 14.3 Å². The number of rotatable bonds is 13. The Morgan fingerprint density at radius 3 is 2.43 bits per heavy atom. The molecule has 190 valence electrons. The first-order chi connectivity index (χ1) is 16.9. The number of unbranched alkanes of at least 4 members (excludes halogenated alkanes) is 3. The van der Waals surface area contributed by atoms with Gasteiger partial charge in [0.2, 0.25) is 5.76 Å². The van der Waals surface area contributed by atoms with Gasteiger partial charge in [0.25, 0.3) is 0 Å². The van der Waals surface area contributed by atoms with Gasteiger partial charge < -0.3 is 19.5 Å². The van der Waals surface area contributed by atoms with Crippen LogP contribution in [0.4, 0.5) is 10.5 Å². The largest absolute Gasteiger partial charge is 0.493 e. The van der Waals surface area contributed by atoms with Crippen molar-refractivity contribution >= 4 is 23.8 Å². The van der Waals surface area contributed by atoms with Gasteiger partial charge in [0.05, 0.1) is 20.8 Å². The Hall–Kier alpha value is -3.48. The quantitative estimate of drug-likeness (QED) is 0.163. The summed E-state index contributed by atoms with van der Waals surface area (Å²) >= 11 is 0. The van der Waals surface area contributed by atoms with E-state index in [0.29, 0.717) is 18.9 Å². The van der Waals surface area contributed by atoms with Crippen molar-refractivity contribution in [2.24, 2.45) is 0 Å². The van der Waals surface area contributed by atoms with Crippen molar-refractivity contribution in [3.05, 3.63) is 53.8 Å². The maximum atomic E-state index is 12.6. The summed E-state index contributed by atoms with van der Waals surface area (Å²) in [6, 6.07) is 13.4. The fourth-order valence-corrected chi connectivity index (χ4v) is 3.45. The molecule has 1 N–H and O–H groups in total. The summed E-state index contributed by atoms with van der Waals surface area (Å²) in [7, 11) is 4.50. The molecule has 7 nitrogen and oxygen atoms in total. The van der Waals surface area contributed by atoms with E-state index in [0.717, 1.165) is 54.5 Å². The molecule has 0 fully saturated rings. The summed E-state index contributed by atoms with van der Waals surface area (Å²) in [4.78, 5) is 26.1. The molecule has 2 aromatic rings. The number of hydrogen-bond donors (Lipinski definition) is 1. The molecule has 0 bridgehead atoms. The van der Waals surface area contributed by atoms with Crippen LogP contribution in [0.1, 0.15) is 51.5 Å². The summed E-state index contributed by atoms with van der Waals surface area (Å²) in [6.45, 7) is 5.48. The molecule has 2 aromatic carbocycles. The van der Waals surface area contributed by atoms with Crippen molar-refractivity contribution < 1.29 is 23.8 Å². The third-order valence-corrected chi connectivity index (χ3v) is 5.57. The molecule has 0 saturated carbocycles. The number of esters is 1. The summed E-state index contributed by atoms with van der Waals surface area (Å²) in [5, 5.41) is 2.97. The van der Waals surface area contributed by atoms with Crippen molar-refractivity contribution in [2.45, 2.75) is 46.0 Å². The van der Waals surface area contributed by atoms with Gasteiger partial charge in [-0.15, -0.1) is 0 Å². The van der Waals surface area contributed by atoms with Crippen LogP contribution in [0.3, 0.4) is 0 Å². The Labute approximate surface area is 209 Å². The molecule has 0 radical (unpaired) electrons. The van der Waals surface area contributed by atoms with Gasteiger partial charge in [-0.25, -0.2) is 9.59 Å². The molecule has 7 heteroatoms. The smallest absolute Gasteiger partial charge is 0.373 e. The summed E-state index contributed by atoms with van der Waals surface area (Å²) in [5.74, 6) is 0.249. The molecule has 0 atom stereocenters. The molecule has 0 aromatic heterocycles. The van der Waals surface area contributed by atoms with Gasteiger partial charge in [0.15, 0.2) is 0 Å². The first kappa shape index (κ1) is 27.8. The molecule has 0 spiro atoms. The van der Waals surface area contributed by atoms with Crippen molar-refractivity contribution in [3.8, 4) is 16.9 Å². The highest BCUT2D eigenvalue weighted by Crippen LogP contribution is 2.34. The fourth-order valence-electron chi connectivity index (χ4n) is 3.45. The van der Waals surface area contributed by atoms with Crippen molar-refractivity contribution in [2.75, 3.05) is 39.3 Å². The number of methoxy groups -OCH3 is 2. The molecule has 0 saturated heterocycles. The van der Waals surface area contributed by atoms with Gasteiger partial charge in [0.1, 0.15) is 5.75 Å². The van der Waals surface area contributed by atoms with Gasteiger partial charge >= 0.3 is 12.0 Å². The van der Waals surface area contributed by atoms with Crippen LogP contribution in [0.2, 0.25) is 0 Å². The van der Waals surface area contributed by atoms with E-state index in [1.165, 1.54) is 14.2 Å². The molecule has 0 heterocycles. The molecule has 0 aliphatic rings. The molecule has 2 amide bonds. The topological polar surface area (TPSA) is 77.1 Å². The number of ether oxygens (including phenoxy) is 3. The van der Waals surface area contributed by atoms with E-state index in [-0.39, 0.29) is 11.8 Å². The molecule has 0 aliphatic carbocycles. The highest BCUT2D eigenvalue weighted by Gasteiger charge is 2.15. The molecular weight excluding hydrogens is 444 g/mol. The lowest BCUT2D eigenvalue weighted by molar-refractivity contribution is -0.139. The van der Waals surface area contributed by atoms with Crippen LogP contribution in [0, 0.1) is 0 Å². The Bertz CT molecular complexity index is 1000. The SMILES string of the molecule is CCCCCNC(=O)N(C)c1cccc(-c2ccc(C=C(OC)C(=O)OC)cc2OCCCC)c1. The van der Waals surface area contributed by atoms with Crippen LogP contribution >= 0.6 is 0 Å². The predicted molar refractivity (Wildman–Crippen MR) is 141 cm³/mol.